The number of methoxy groups -OCH3 is 1. The summed E-state index contributed by atoms with van der Waals surface area (Å²) in [5, 5.41) is 3.52. The first kappa shape index (κ1) is 13.9. The summed E-state index contributed by atoms with van der Waals surface area (Å²) in [5.41, 5.74) is 0.347. The molecule has 0 aliphatic carbocycles. The predicted octanol–water partition coefficient (Wildman–Crippen LogP) is 2.68. The number of rotatable bonds is 7. The third-order valence-corrected chi connectivity index (χ3v) is 3.33. The second-order valence-electron chi connectivity index (χ2n) is 4.90. The molecule has 0 radical (unpaired) electrons. The van der Waals surface area contributed by atoms with Gasteiger partial charge in [-0.05, 0) is 17.8 Å². The van der Waals surface area contributed by atoms with Crippen LogP contribution >= 0.6 is 0 Å². The first-order valence-electron chi connectivity index (χ1n) is 5.68. The van der Waals surface area contributed by atoms with Crippen molar-refractivity contribution in [2.24, 2.45) is 11.3 Å². The largest absolute Gasteiger partial charge is 0.384 e. The van der Waals surface area contributed by atoms with Crippen molar-refractivity contribution in [1.29, 1.82) is 0 Å². The molecule has 2 nitrogen and oxygen atoms in total. The molecule has 0 fully saturated rings. The van der Waals surface area contributed by atoms with Crippen molar-refractivity contribution in [2.45, 2.75) is 47.1 Å². The molecule has 0 rings (SSSR count). The Morgan fingerprint density at radius 2 is 1.86 bits per heavy atom. The minimum Gasteiger partial charge on any atom is -0.384 e. The summed E-state index contributed by atoms with van der Waals surface area (Å²) in [4.78, 5) is 0. The molecule has 0 saturated heterocycles. The van der Waals surface area contributed by atoms with Crippen molar-refractivity contribution in [3.8, 4) is 0 Å². The van der Waals surface area contributed by atoms with Crippen LogP contribution in [-0.4, -0.2) is 26.3 Å². The maximum atomic E-state index is 5.23. The molecule has 0 amide bonds. The summed E-state index contributed by atoms with van der Waals surface area (Å²) in [6.07, 6.45) is 1.19. The van der Waals surface area contributed by atoms with E-state index in [0.29, 0.717) is 17.4 Å². The minimum atomic E-state index is 0.347. The highest BCUT2D eigenvalue weighted by atomic mass is 16.5. The van der Waals surface area contributed by atoms with E-state index in [-0.39, 0.29) is 0 Å². The van der Waals surface area contributed by atoms with E-state index in [2.05, 4.69) is 39.9 Å². The van der Waals surface area contributed by atoms with Gasteiger partial charge in [-0.3, -0.25) is 0 Å². The lowest BCUT2D eigenvalue weighted by Gasteiger charge is -2.35. The Bertz CT molecular complexity index is 147. The van der Waals surface area contributed by atoms with Gasteiger partial charge in [-0.15, -0.1) is 0 Å². The Kier molecular flexibility index (Phi) is 6.38. The van der Waals surface area contributed by atoms with Gasteiger partial charge in [0.25, 0.3) is 0 Å². The van der Waals surface area contributed by atoms with E-state index in [1.54, 1.807) is 7.11 Å². The van der Waals surface area contributed by atoms with Crippen LogP contribution in [0.25, 0.3) is 0 Å². The molecule has 0 aromatic rings. The highest BCUT2D eigenvalue weighted by Crippen LogP contribution is 2.30. The molecular weight excluding hydrogens is 174 g/mol. The van der Waals surface area contributed by atoms with E-state index in [1.807, 2.05) is 0 Å². The standard InChI is InChI=1S/C12H27NO/c1-7-12(5,9-13-10(2)3)11(4)8-14-6/h10-11,13H,7-9H2,1-6H3. The monoisotopic (exact) mass is 201 g/mol. The van der Waals surface area contributed by atoms with Gasteiger partial charge in [-0.1, -0.05) is 34.6 Å². The SMILES string of the molecule is CCC(C)(CNC(C)C)C(C)COC. The smallest absolute Gasteiger partial charge is 0.0493 e. The molecule has 2 heteroatoms. The van der Waals surface area contributed by atoms with Crippen LogP contribution in [0.1, 0.15) is 41.0 Å². The number of ether oxygens (including phenoxy) is 1. The van der Waals surface area contributed by atoms with Gasteiger partial charge in [0, 0.05) is 26.3 Å². The molecule has 14 heavy (non-hydrogen) atoms. The van der Waals surface area contributed by atoms with Crippen molar-refractivity contribution in [3.63, 3.8) is 0 Å². The molecule has 0 aliphatic heterocycles. The summed E-state index contributed by atoms with van der Waals surface area (Å²) < 4.78 is 5.23. The van der Waals surface area contributed by atoms with Crippen LogP contribution < -0.4 is 5.32 Å². The van der Waals surface area contributed by atoms with E-state index in [0.717, 1.165) is 13.2 Å². The molecule has 0 aliphatic rings. The van der Waals surface area contributed by atoms with Crippen molar-refractivity contribution in [2.75, 3.05) is 20.3 Å². The lowest BCUT2D eigenvalue weighted by molar-refractivity contribution is 0.0760. The molecule has 86 valence electrons. The first-order chi connectivity index (χ1) is 6.46. The van der Waals surface area contributed by atoms with Crippen molar-refractivity contribution in [1.82, 2.24) is 5.32 Å². The molecule has 0 bridgehead atoms. The Morgan fingerprint density at radius 1 is 1.29 bits per heavy atom. The molecule has 0 aromatic heterocycles. The minimum absolute atomic E-state index is 0.347. The summed E-state index contributed by atoms with van der Waals surface area (Å²) in [6, 6.07) is 0.565. The van der Waals surface area contributed by atoms with Crippen LogP contribution in [0.2, 0.25) is 0 Å². The topological polar surface area (TPSA) is 21.3 Å². The van der Waals surface area contributed by atoms with Crippen LogP contribution in [0.3, 0.4) is 0 Å². The molecule has 0 spiro atoms. The Labute approximate surface area is 89.4 Å². The third-order valence-electron chi connectivity index (χ3n) is 3.33. The second kappa shape index (κ2) is 6.41. The average Bonchev–Trinajstić information content (AvgIpc) is 2.14. The summed E-state index contributed by atoms with van der Waals surface area (Å²) in [6.45, 7) is 13.2. The summed E-state index contributed by atoms with van der Waals surface area (Å²) >= 11 is 0. The van der Waals surface area contributed by atoms with E-state index < -0.39 is 0 Å². The fraction of sp³-hybridized carbons (Fsp3) is 1.00. The zero-order valence-corrected chi connectivity index (χ0v) is 10.7. The van der Waals surface area contributed by atoms with Gasteiger partial charge in [-0.25, -0.2) is 0 Å². The van der Waals surface area contributed by atoms with Crippen LogP contribution in [-0.2, 0) is 4.74 Å². The molecular formula is C12H27NO. The first-order valence-corrected chi connectivity index (χ1v) is 5.68. The molecule has 0 heterocycles. The maximum absolute atomic E-state index is 5.23. The normalized spacial score (nSPS) is 18.2. The maximum Gasteiger partial charge on any atom is 0.0493 e. The highest BCUT2D eigenvalue weighted by molar-refractivity contribution is 4.81. The molecule has 2 atom stereocenters. The van der Waals surface area contributed by atoms with Gasteiger partial charge < -0.3 is 10.1 Å². The predicted molar refractivity (Wildman–Crippen MR) is 62.6 cm³/mol. The third kappa shape index (κ3) is 4.43. The average molecular weight is 201 g/mol. The zero-order valence-electron chi connectivity index (χ0n) is 10.7. The zero-order chi connectivity index (χ0) is 11.2. The lowest BCUT2D eigenvalue weighted by atomic mass is 9.76. The van der Waals surface area contributed by atoms with Gasteiger partial charge in [0.15, 0.2) is 0 Å². The molecule has 2 unspecified atom stereocenters. The highest BCUT2D eigenvalue weighted by Gasteiger charge is 2.28. The summed E-state index contributed by atoms with van der Waals surface area (Å²) in [7, 11) is 1.78. The van der Waals surface area contributed by atoms with Gasteiger partial charge in [0.05, 0.1) is 0 Å². The van der Waals surface area contributed by atoms with Gasteiger partial charge in [0.1, 0.15) is 0 Å². The van der Waals surface area contributed by atoms with E-state index in [1.165, 1.54) is 6.42 Å². The van der Waals surface area contributed by atoms with Gasteiger partial charge >= 0.3 is 0 Å². The number of hydrogen-bond acceptors (Lipinski definition) is 2. The number of hydrogen-bond donors (Lipinski definition) is 1. The lowest BCUT2D eigenvalue weighted by Crippen LogP contribution is -2.40. The number of nitrogens with one attached hydrogen (secondary N) is 1. The van der Waals surface area contributed by atoms with Gasteiger partial charge in [0.2, 0.25) is 0 Å². The Balaban J connectivity index is 4.15. The van der Waals surface area contributed by atoms with Gasteiger partial charge in [-0.2, -0.15) is 0 Å². The van der Waals surface area contributed by atoms with Crippen LogP contribution in [0, 0.1) is 11.3 Å². The molecule has 0 aromatic carbocycles. The van der Waals surface area contributed by atoms with E-state index in [9.17, 15) is 0 Å². The fourth-order valence-electron chi connectivity index (χ4n) is 1.54. The van der Waals surface area contributed by atoms with Crippen LogP contribution in [0.4, 0.5) is 0 Å². The van der Waals surface area contributed by atoms with Crippen LogP contribution in [0.15, 0.2) is 0 Å². The Hall–Kier alpha value is -0.0800. The quantitative estimate of drug-likeness (QED) is 0.684. The van der Waals surface area contributed by atoms with E-state index in [4.69, 9.17) is 4.74 Å². The Morgan fingerprint density at radius 3 is 2.21 bits per heavy atom. The van der Waals surface area contributed by atoms with Crippen molar-refractivity contribution < 1.29 is 4.74 Å². The van der Waals surface area contributed by atoms with Crippen molar-refractivity contribution in [3.05, 3.63) is 0 Å². The van der Waals surface area contributed by atoms with E-state index >= 15 is 0 Å². The summed E-state index contributed by atoms with van der Waals surface area (Å²) in [5.74, 6) is 0.601. The van der Waals surface area contributed by atoms with Crippen molar-refractivity contribution >= 4 is 0 Å². The fourth-order valence-corrected chi connectivity index (χ4v) is 1.54. The van der Waals surface area contributed by atoms with Crippen LogP contribution in [0.5, 0.6) is 0 Å². The molecule has 0 saturated carbocycles. The second-order valence-corrected chi connectivity index (χ2v) is 4.90. The molecule has 1 N–H and O–H groups in total.